The molecule has 0 atom stereocenters. The highest BCUT2D eigenvalue weighted by atomic mass is 16.5. The predicted octanol–water partition coefficient (Wildman–Crippen LogP) is 3.36. The molecule has 0 bridgehead atoms. The van der Waals surface area contributed by atoms with Crippen molar-refractivity contribution in [1.82, 2.24) is 0 Å². The van der Waals surface area contributed by atoms with Crippen molar-refractivity contribution in [3.63, 3.8) is 0 Å². The number of carbonyl (C=O) groups excluding carboxylic acids is 1. The number of benzene rings is 2. The van der Waals surface area contributed by atoms with Crippen molar-refractivity contribution >= 4 is 17.3 Å². The lowest BCUT2D eigenvalue weighted by atomic mass is 10.1. The number of hydrogen-bond acceptors (Lipinski definition) is 4. The van der Waals surface area contributed by atoms with Gasteiger partial charge in [0.05, 0.1) is 6.61 Å². The quantitative estimate of drug-likeness (QED) is 0.765. The van der Waals surface area contributed by atoms with Crippen molar-refractivity contribution < 1.29 is 14.6 Å². The minimum Gasteiger partial charge on any atom is -0.504 e. The van der Waals surface area contributed by atoms with Crippen molar-refractivity contribution in [2.24, 2.45) is 0 Å². The zero-order chi connectivity index (χ0) is 15.9. The van der Waals surface area contributed by atoms with Gasteiger partial charge < -0.3 is 20.5 Å². The SMILES string of the molecule is CCOc1cccc(CNc2cccc(NC(C)=O)c2)c1O. The first-order valence-electron chi connectivity index (χ1n) is 7.15. The van der Waals surface area contributed by atoms with E-state index in [1.807, 2.05) is 43.3 Å². The van der Waals surface area contributed by atoms with E-state index in [9.17, 15) is 9.90 Å². The summed E-state index contributed by atoms with van der Waals surface area (Å²) in [7, 11) is 0. The number of hydrogen-bond donors (Lipinski definition) is 3. The van der Waals surface area contributed by atoms with Crippen LogP contribution in [0.4, 0.5) is 11.4 Å². The van der Waals surface area contributed by atoms with Gasteiger partial charge in [0.15, 0.2) is 11.5 Å². The maximum Gasteiger partial charge on any atom is 0.221 e. The van der Waals surface area contributed by atoms with Crippen molar-refractivity contribution in [1.29, 1.82) is 0 Å². The van der Waals surface area contributed by atoms with Gasteiger partial charge in [-0.15, -0.1) is 0 Å². The van der Waals surface area contributed by atoms with Crippen molar-refractivity contribution in [2.75, 3.05) is 17.2 Å². The van der Waals surface area contributed by atoms with Crippen LogP contribution in [0.3, 0.4) is 0 Å². The minimum absolute atomic E-state index is 0.112. The standard InChI is InChI=1S/C17H20N2O3/c1-3-22-16-9-4-6-13(17(16)21)11-18-14-7-5-8-15(10-14)19-12(2)20/h4-10,18,21H,3,11H2,1-2H3,(H,19,20). The molecule has 0 fully saturated rings. The van der Waals surface area contributed by atoms with Crippen molar-refractivity contribution in [3.05, 3.63) is 48.0 Å². The number of phenolic OH excluding ortho intramolecular Hbond substituents is 1. The summed E-state index contributed by atoms with van der Waals surface area (Å²) in [5.41, 5.74) is 2.33. The smallest absolute Gasteiger partial charge is 0.221 e. The van der Waals surface area contributed by atoms with Gasteiger partial charge in [0, 0.05) is 30.4 Å². The summed E-state index contributed by atoms with van der Waals surface area (Å²) in [5.74, 6) is 0.517. The van der Waals surface area contributed by atoms with Gasteiger partial charge >= 0.3 is 0 Å². The van der Waals surface area contributed by atoms with E-state index in [1.54, 1.807) is 6.07 Å². The van der Waals surface area contributed by atoms with Crippen LogP contribution in [0, 0.1) is 0 Å². The number of amides is 1. The minimum atomic E-state index is -0.112. The highest BCUT2D eigenvalue weighted by Gasteiger charge is 2.07. The van der Waals surface area contributed by atoms with Crippen molar-refractivity contribution in [2.45, 2.75) is 20.4 Å². The molecule has 0 saturated carbocycles. The molecule has 2 rings (SSSR count). The van der Waals surface area contributed by atoms with Gasteiger partial charge in [0.2, 0.25) is 5.91 Å². The molecule has 0 aromatic heterocycles. The van der Waals surface area contributed by atoms with Gasteiger partial charge in [0.1, 0.15) is 0 Å². The molecule has 5 heteroatoms. The molecule has 2 aromatic rings. The zero-order valence-electron chi connectivity index (χ0n) is 12.7. The Bertz CT molecular complexity index is 656. The first kappa shape index (κ1) is 15.7. The molecule has 0 aliphatic carbocycles. The third-order valence-electron chi connectivity index (χ3n) is 3.05. The normalized spacial score (nSPS) is 10.1. The average molecular weight is 300 g/mol. The van der Waals surface area contributed by atoms with E-state index in [2.05, 4.69) is 10.6 Å². The Morgan fingerprint density at radius 3 is 2.64 bits per heavy atom. The molecule has 2 aromatic carbocycles. The Morgan fingerprint density at radius 2 is 1.91 bits per heavy atom. The van der Waals surface area contributed by atoms with Crippen LogP contribution < -0.4 is 15.4 Å². The lowest BCUT2D eigenvalue weighted by molar-refractivity contribution is -0.114. The van der Waals surface area contributed by atoms with Crippen molar-refractivity contribution in [3.8, 4) is 11.5 Å². The average Bonchev–Trinajstić information content (AvgIpc) is 2.48. The number of aromatic hydroxyl groups is 1. The van der Waals surface area contributed by atoms with Gasteiger partial charge in [0.25, 0.3) is 0 Å². The lowest BCUT2D eigenvalue weighted by Gasteiger charge is -2.12. The summed E-state index contributed by atoms with van der Waals surface area (Å²) in [6.45, 7) is 4.30. The lowest BCUT2D eigenvalue weighted by Crippen LogP contribution is -2.06. The number of anilines is 2. The summed E-state index contributed by atoms with van der Waals surface area (Å²) >= 11 is 0. The Kier molecular flexibility index (Phi) is 5.25. The Morgan fingerprint density at radius 1 is 1.18 bits per heavy atom. The highest BCUT2D eigenvalue weighted by molar-refractivity contribution is 5.89. The highest BCUT2D eigenvalue weighted by Crippen LogP contribution is 2.30. The van der Waals surface area contributed by atoms with E-state index >= 15 is 0 Å². The molecule has 0 aliphatic heterocycles. The molecule has 0 unspecified atom stereocenters. The monoisotopic (exact) mass is 300 g/mol. The summed E-state index contributed by atoms with van der Waals surface area (Å²) < 4.78 is 5.37. The largest absolute Gasteiger partial charge is 0.504 e. The predicted molar refractivity (Wildman–Crippen MR) is 87.3 cm³/mol. The van der Waals surface area contributed by atoms with Crippen LogP contribution in [0.1, 0.15) is 19.4 Å². The molecular formula is C17H20N2O3. The number of nitrogens with one attached hydrogen (secondary N) is 2. The van der Waals surface area contributed by atoms with Gasteiger partial charge in [-0.3, -0.25) is 4.79 Å². The maximum absolute atomic E-state index is 11.1. The van der Waals surface area contributed by atoms with Crippen LogP contribution in [0.5, 0.6) is 11.5 Å². The molecule has 0 aliphatic rings. The first-order chi connectivity index (χ1) is 10.6. The molecular weight excluding hydrogens is 280 g/mol. The van der Waals surface area contributed by atoms with E-state index in [-0.39, 0.29) is 11.7 Å². The van der Waals surface area contributed by atoms with E-state index in [4.69, 9.17) is 4.74 Å². The van der Waals surface area contributed by atoms with E-state index in [0.29, 0.717) is 18.9 Å². The second-order valence-electron chi connectivity index (χ2n) is 4.81. The number of rotatable bonds is 6. The fourth-order valence-corrected chi connectivity index (χ4v) is 2.09. The van der Waals surface area contributed by atoms with E-state index < -0.39 is 0 Å². The number of phenols is 1. The maximum atomic E-state index is 11.1. The Hall–Kier alpha value is -2.69. The number of ether oxygens (including phenoxy) is 1. The fourth-order valence-electron chi connectivity index (χ4n) is 2.09. The van der Waals surface area contributed by atoms with E-state index in [0.717, 1.165) is 16.9 Å². The third kappa shape index (κ3) is 4.15. The van der Waals surface area contributed by atoms with Gasteiger partial charge in [-0.1, -0.05) is 18.2 Å². The summed E-state index contributed by atoms with van der Waals surface area (Å²) in [4.78, 5) is 11.1. The summed E-state index contributed by atoms with van der Waals surface area (Å²) in [5, 5.41) is 16.1. The van der Waals surface area contributed by atoms with Crippen LogP contribution in [0.2, 0.25) is 0 Å². The fraction of sp³-hybridized carbons (Fsp3) is 0.235. The summed E-state index contributed by atoms with van der Waals surface area (Å²) in [6.07, 6.45) is 0. The molecule has 3 N–H and O–H groups in total. The molecule has 0 radical (unpaired) electrons. The van der Waals surface area contributed by atoms with E-state index in [1.165, 1.54) is 6.92 Å². The molecule has 0 heterocycles. The molecule has 116 valence electrons. The molecule has 0 saturated heterocycles. The van der Waals surface area contributed by atoms with Crippen LogP contribution in [-0.2, 0) is 11.3 Å². The van der Waals surface area contributed by atoms with Crippen LogP contribution in [-0.4, -0.2) is 17.6 Å². The second kappa shape index (κ2) is 7.36. The van der Waals surface area contributed by atoms with Gasteiger partial charge in [-0.2, -0.15) is 0 Å². The van der Waals surface area contributed by atoms with Crippen LogP contribution in [0.15, 0.2) is 42.5 Å². The Labute approximate surface area is 129 Å². The number of para-hydroxylation sites is 1. The van der Waals surface area contributed by atoms with Crippen LogP contribution >= 0.6 is 0 Å². The van der Waals surface area contributed by atoms with Gasteiger partial charge in [-0.25, -0.2) is 0 Å². The van der Waals surface area contributed by atoms with Gasteiger partial charge in [-0.05, 0) is 31.2 Å². The topological polar surface area (TPSA) is 70.6 Å². The molecule has 1 amide bonds. The number of carbonyl (C=O) groups is 1. The molecule has 5 nitrogen and oxygen atoms in total. The second-order valence-corrected chi connectivity index (χ2v) is 4.81. The van der Waals surface area contributed by atoms with Crippen LogP contribution in [0.25, 0.3) is 0 Å². The first-order valence-corrected chi connectivity index (χ1v) is 7.15. The molecule has 22 heavy (non-hydrogen) atoms. The third-order valence-corrected chi connectivity index (χ3v) is 3.05. The molecule has 0 spiro atoms. The zero-order valence-corrected chi connectivity index (χ0v) is 12.7. The summed E-state index contributed by atoms with van der Waals surface area (Å²) in [6, 6.07) is 12.8. The Balaban J connectivity index is 2.07.